The van der Waals surface area contributed by atoms with Crippen molar-refractivity contribution < 1.29 is 13.6 Å². The lowest BCUT2D eigenvalue weighted by Crippen LogP contribution is -2.16. The van der Waals surface area contributed by atoms with Gasteiger partial charge in [0.05, 0.1) is 24.5 Å². The number of hydrogen-bond acceptors (Lipinski definition) is 5. The molecule has 4 rings (SSSR count). The van der Waals surface area contributed by atoms with Crippen LogP contribution in [0.4, 0.5) is 15.9 Å². The van der Waals surface area contributed by atoms with Gasteiger partial charge in [0.15, 0.2) is 11.7 Å². The molecular weight excluding hydrogens is 409 g/mol. The van der Waals surface area contributed by atoms with Crippen molar-refractivity contribution >= 4 is 17.4 Å². The molecule has 0 saturated heterocycles. The lowest BCUT2D eigenvalue weighted by molar-refractivity contribution is -0.116. The molecule has 2 aromatic carbocycles. The van der Waals surface area contributed by atoms with E-state index in [0.717, 1.165) is 11.3 Å². The van der Waals surface area contributed by atoms with E-state index in [0.29, 0.717) is 36.0 Å². The maximum atomic E-state index is 13.9. The maximum Gasteiger partial charge on any atom is 0.226 e. The first kappa shape index (κ1) is 21.3. The molecule has 0 unspecified atom stereocenters. The predicted octanol–water partition coefficient (Wildman–Crippen LogP) is 4.36. The summed E-state index contributed by atoms with van der Waals surface area (Å²) in [4.78, 5) is 18.7. The van der Waals surface area contributed by atoms with Gasteiger partial charge < -0.3 is 14.6 Å². The normalized spacial score (nSPS) is 10.8. The largest absolute Gasteiger partial charge is 0.441 e. The fourth-order valence-corrected chi connectivity index (χ4v) is 3.27. The monoisotopic (exact) mass is 433 g/mol. The first-order valence-corrected chi connectivity index (χ1v) is 10.3. The van der Waals surface area contributed by atoms with Crippen LogP contribution in [-0.4, -0.2) is 34.8 Å². The molecule has 0 aliphatic carbocycles. The Hall–Kier alpha value is -3.94. The van der Waals surface area contributed by atoms with Gasteiger partial charge in [0.2, 0.25) is 5.91 Å². The lowest BCUT2D eigenvalue weighted by atomic mass is 10.2. The minimum atomic E-state index is -0.377. The van der Waals surface area contributed by atoms with E-state index in [2.05, 4.69) is 15.4 Å². The second-order valence-electron chi connectivity index (χ2n) is 7.58. The number of anilines is 2. The van der Waals surface area contributed by atoms with Crippen molar-refractivity contribution in [3.05, 3.63) is 84.3 Å². The van der Waals surface area contributed by atoms with Crippen molar-refractivity contribution in [3.63, 3.8) is 0 Å². The summed E-state index contributed by atoms with van der Waals surface area (Å²) in [7, 11) is 3.99. The van der Waals surface area contributed by atoms with Crippen molar-refractivity contribution in [3.8, 4) is 11.3 Å². The quantitative estimate of drug-likeness (QED) is 0.447. The molecule has 2 heterocycles. The fraction of sp³-hybridized carbons (Fsp3) is 0.208. The Morgan fingerprint density at radius 1 is 1.12 bits per heavy atom. The first-order valence-electron chi connectivity index (χ1n) is 10.3. The van der Waals surface area contributed by atoms with Gasteiger partial charge >= 0.3 is 0 Å². The van der Waals surface area contributed by atoms with Crippen molar-refractivity contribution in [1.82, 2.24) is 14.8 Å². The first-order chi connectivity index (χ1) is 15.5. The van der Waals surface area contributed by atoms with E-state index < -0.39 is 0 Å². The lowest BCUT2D eigenvalue weighted by Gasteiger charge is -2.13. The van der Waals surface area contributed by atoms with Crippen molar-refractivity contribution in [2.75, 3.05) is 24.3 Å². The minimum absolute atomic E-state index is 0.180. The molecular formula is C24H24FN5O2. The molecule has 0 saturated carbocycles. The van der Waals surface area contributed by atoms with E-state index in [1.807, 2.05) is 43.3 Å². The number of rotatable bonds is 8. The molecule has 32 heavy (non-hydrogen) atoms. The van der Waals surface area contributed by atoms with E-state index in [9.17, 15) is 9.18 Å². The van der Waals surface area contributed by atoms with E-state index in [4.69, 9.17) is 4.42 Å². The summed E-state index contributed by atoms with van der Waals surface area (Å²) in [6.45, 7) is 0.544. The van der Waals surface area contributed by atoms with Crippen LogP contribution in [0.2, 0.25) is 0 Å². The second-order valence-corrected chi connectivity index (χ2v) is 7.58. The zero-order valence-electron chi connectivity index (χ0n) is 18.0. The molecule has 2 aromatic heterocycles. The number of amides is 1. The standard InChI is InChI=1S/C24H24FN5O2/c1-29(2)18-9-7-17(8-10-18)16-30-22(13-14-27-30)28-23(31)11-12-24-26-15-21(32-24)19-5-3-4-6-20(19)25/h3-10,13-15H,11-12,16H2,1-2H3,(H,28,31). The average Bonchev–Trinajstić information content (AvgIpc) is 3.43. The van der Waals surface area contributed by atoms with Gasteiger partial charge in [0.1, 0.15) is 11.6 Å². The van der Waals surface area contributed by atoms with Gasteiger partial charge in [-0.3, -0.25) is 4.79 Å². The van der Waals surface area contributed by atoms with Gasteiger partial charge in [0.25, 0.3) is 0 Å². The molecule has 8 heteroatoms. The summed E-state index contributed by atoms with van der Waals surface area (Å²) >= 11 is 0. The van der Waals surface area contributed by atoms with E-state index in [1.54, 1.807) is 35.1 Å². The van der Waals surface area contributed by atoms with Crippen LogP contribution in [0.3, 0.4) is 0 Å². The summed E-state index contributed by atoms with van der Waals surface area (Å²) in [5.41, 5.74) is 2.54. The smallest absolute Gasteiger partial charge is 0.226 e. The van der Waals surface area contributed by atoms with Gasteiger partial charge in [-0.1, -0.05) is 24.3 Å². The number of carbonyl (C=O) groups is 1. The van der Waals surface area contributed by atoms with Gasteiger partial charge in [-0.15, -0.1) is 0 Å². The van der Waals surface area contributed by atoms with Crippen LogP contribution in [0.15, 0.2) is 71.4 Å². The van der Waals surface area contributed by atoms with E-state index >= 15 is 0 Å². The zero-order valence-corrected chi connectivity index (χ0v) is 18.0. The number of nitrogens with zero attached hydrogens (tertiary/aromatic N) is 4. The number of nitrogens with one attached hydrogen (secondary N) is 1. The molecule has 7 nitrogen and oxygen atoms in total. The van der Waals surface area contributed by atoms with Crippen LogP contribution in [0.5, 0.6) is 0 Å². The molecule has 4 aromatic rings. The van der Waals surface area contributed by atoms with Gasteiger partial charge in [-0.25, -0.2) is 14.1 Å². The maximum absolute atomic E-state index is 13.9. The average molecular weight is 433 g/mol. The molecule has 0 spiro atoms. The summed E-state index contributed by atoms with van der Waals surface area (Å²) in [6.07, 6.45) is 3.61. The molecule has 164 valence electrons. The van der Waals surface area contributed by atoms with Crippen molar-refractivity contribution in [2.24, 2.45) is 0 Å². The van der Waals surface area contributed by atoms with Crippen molar-refractivity contribution in [1.29, 1.82) is 0 Å². The highest BCUT2D eigenvalue weighted by atomic mass is 19.1. The van der Waals surface area contributed by atoms with Gasteiger partial charge in [0, 0.05) is 38.7 Å². The topological polar surface area (TPSA) is 76.2 Å². The highest BCUT2D eigenvalue weighted by molar-refractivity contribution is 5.89. The third-order valence-electron chi connectivity index (χ3n) is 5.03. The molecule has 0 bridgehead atoms. The summed E-state index contributed by atoms with van der Waals surface area (Å²) in [5, 5.41) is 7.19. The number of aryl methyl sites for hydroxylation is 1. The molecule has 1 amide bonds. The molecule has 0 aliphatic heterocycles. The van der Waals surface area contributed by atoms with Crippen LogP contribution in [0.1, 0.15) is 17.9 Å². The Labute approximate surface area is 185 Å². The fourth-order valence-electron chi connectivity index (χ4n) is 3.27. The van der Waals surface area contributed by atoms with Crippen molar-refractivity contribution in [2.45, 2.75) is 19.4 Å². The number of oxazole rings is 1. The molecule has 0 atom stereocenters. The van der Waals surface area contributed by atoms with Crippen LogP contribution >= 0.6 is 0 Å². The number of aromatic nitrogens is 3. The molecule has 0 fully saturated rings. The summed E-state index contributed by atoms with van der Waals surface area (Å²) in [6, 6.07) is 16.3. The highest BCUT2D eigenvalue weighted by Crippen LogP contribution is 2.23. The van der Waals surface area contributed by atoms with Gasteiger partial charge in [-0.05, 0) is 29.8 Å². The Bertz CT molecular complexity index is 1200. The summed E-state index contributed by atoms with van der Waals surface area (Å²) in [5.74, 6) is 0.786. The SMILES string of the molecule is CN(C)c1ccc(Cn2nccc2NC(=O)CCc2ncc(-c3ccccc3F)o2)cc1. The molecule has 0 aliphatic rings. The second kappa shape index (κ2) is 9.47. The van der Waals surface area contributed by atoms with Gasteiger partial charge in [-0.2, -0.15) is 5.10 Å². The minimum Gasteiger partial charge on any atom is -0.441 e. The Balaban J connectivity index is 1.34. The Kier molecular flexibility index (Phi) is 6.30. The Morgan fingerprint density at radius 3 is 2.66 bits per heavy atom. The third kappa shape index (κ3) is 5.03. The third-order valence-corrected chi connectivity index (χ3v) is 5.03. The molecule has 0 radical (unpaired) electrons. The van der Waals surface area contributed by atoms with E-state index in [-0.39, 0.29) is 18.1 Å². The van der Waals surface area contributed by atoms with Crippen LogP contribution in [0, 0.1) is 5.82 Å². The number of carbonyl (C=O) groups excluding carboxylic acids is 1. The van der Waals surface area contributed by atoms with Crippen LogP contribution in [-0.2, 0) is 17.8 Å². The van der Waals surface area contributed by atoms with Crippen LogP contribution < -0.4 is 10.2 Å². The van der Waals surface area contributed by atoms with Crippen LogP contribution in [0.25, 0.3) is 11.3 Å². The number of hydrogen-bond donors (Lipinski definition) is 1. The summed E-state index contributed by atoms with van der Waals surface area (Å²) < 4.78 is 21.3. The highest BCUT2D eigenvalue weighted by Gasteiger charge is 2.13. The number of halogens is 1. The van der Waals surface area contributed by atoms with E-state index in [1.165, 1.54) is 12.3 Å². The predicted molar refractivity (Wildman–Crippen MR) is 121 cm³/mol. The number of benzene rings is 2. The Morgan fingerprint density at radius 2 is 1.91 bits per heavy atom. The molecule has 1 N–H and O–H groups in total. The zero-order chi connectivity index (χ0) is 22.5.